The first-order valence-corrected chi connectivity index (χ1v) is 10.9. The van der Waals surface area contributed by atoms with Gasteiger partial charge < -0.3 is 15.0 Å². The van der Waals surface area contributed by atoms with Crippen LogP contribution in [0.2, 0.25) is 0 Å². The first-order chi connectivity index (χ1) is 13.8. The van der Waals surface area contributed by atoms with Crippen molar-refractivity contribution < 1.29 is 9.53 Å². The number of aromatic amines is 1. The highest BCUT2D eigenvalue weighted by Gasteiger charge is 2.33. The van der Waals surface area contributed by atoms with Crippen molar-refractivity contribution >= 4 is 16.9 Å². The number of nitrogens with one attached hydrogen (secondary N) is 2. The number of aryl methyl sites for hydroxylation is 1. The average Bonchev–Trinajstić information content (AvgIpc) is 3.23. The third-order valence-corrected chi connectivity index (χ3v) is 5.78. The lowest BCUT2D eigenvalue weighted by atomic mass is 10.1. The van der Waals surface area contributed by atoms with Crippen LogP contribution in [0, 0.1) is 0 Å². The fourth-order valence-electron chi connectivity index (χ4n) is 4.49. The number of nitrogens with zero attached hydrogens (tertiary/aromatic N) is 2. The maximum absolute atomic E-state index is 12.5. The second-order valence-corrected chi connectivity index (χ2v) is 9.20. The third-order valence-electron chi connectivity index (χ3n) is 5.78. The monoisotopic (exact) mass is 400 g/mol. The van der Waals surface area contributed by atoms with Gasteiger partial charge in [-0.25, -0.2) is 4.98 Å². The van der Waals surface area contributed by atoms with Gasteiger partial charge in [-0.1, -0.05) is 13.0 Å². The number of para-hydroxylation sites is 1. The minimum atomic E-state index is -0.184. The van der Waals surface area contributed by atoms with E-state index in [0.717, 1.165) is 48.3 Å². The summed E-state index contributed by atoms with van der Waals surface area (Å²) in [6.07, 6.45) is 6.52. The summed E-state index contributed by atoms with van der Waals surface area (Å²) in [5.41, 5.74) is 1.74. The van der Waals surface area contributed by atoms with Crippen LogP contribution in [0.3, 0.4) is 0 Å². The van der Waals surface area contributed by atoms with Crippen LogP contribution in [-0.4, -0.2) is 52.1 Å². The predicted octanol–water partition coefficient (Wildman–Crippen LogP) is 4.05. The van der Waals surface area contributed by atoms with Crippen LogP contribution in [0.4, 0.5) is 0 Å². The molecule has 3 rings (SSSR count). The summed E-state index contributed by atoms with van der Waals surface area (Å²) in [4.78, 5) is 23.1. The number of imidazole rings is 1. The summed E-state index contributed by atoms with van der Waals surface area (Å²) in [5.74, 6) is 1.95. The Morgan fingerprint density at radius 2 is 2.07 bits per heavy atom. The molecule has 1 aromatic heterocycles. The number of ether oxygens (including phenoxy) is 1. The van der Waals surface area contributed by atoms with Gasteiger partial charge in [-0.3, -0.25) is 9.69 Å². The molecule has 0 bridgehead atoms. The molecule has 2 aromatic rings. The van der Waals surface area contributed by atoms with Crippen molar-refractivity contribution in [2.45, 2.75) is 83.8 Å². The fraction of sp³-hybridized carbons (Fsp3) is 0.652. The Bertz CT molecular complexity index is 824. The molecule has 6 nitrogen and oxygen atoms in total. The van der Waals surface area contributed by atoms with E-state index in [1.165, 1.54) is 12.8 Å². The summed E-state index contributed by atoms with van der Waals surface area (Å²) in [5, 5.41) is 3.11. The maximum Gasteiger partial charge on any atom is 0.234 e. The minimum Gasteiger partial charge on any atom is -0.494 e. The molecule has 160 valence electrons. The smallest absolute Gasteiger partial charge is 0.234 e. The van der Waals surface area contributed by atoms with Crippen molar-refractivity contribution in [3.05, 3.63) is 24.0 Å². The molecule has 0 aliphatic carbocycles. The van der Waals surface area contributed by atoms with Crippen LogP contribution >= 0.6 is 0 Å². The second-order valence-electron chi connectivity index (χ2n) is 9.20. The second kappa shape index (κ2) is 9.16. The molecule has 0 saturated carbocycles. The highest BCUT2D eigenvalue weighted by Crippen LogP contribution is 2.29. The lowest BCUT2D eigenvalue weighted by Crippen LogP contribution is -2.48. The molecule has 6 heteroatoms. The van der Waals surface area contributed by atoms with Crippen LogP contribution in [-0.2, 0) is 11.2 Å². The largest absolute Gasteiger partial charge is 0.494 e. The third kappa shape index (κ3) is 5.50. The zero-order chi connectivity index (χ0) is 21.0. The SMILES string of the molecule is CC[C@@H]1CC[C@H](CCCc2nc3c(OC)cccc3[nH]2)N1CC(=O)NC(C)(C)C. The van der Waals surface area contributed by atoms with E-state index in [0.29, 0.717) is 18.6 Å². The highest BCUT2D eigenvalue weighted by atomic mass is 16.5. The van der Waals surface area contributed by atoms with Gasteiger partial charge in [0.25, 0.3) is 0 Å². The quantitative estimate of drug-likeness (QED) is 0.701. The number of methoxy groups -OCH3 is 1. The molecular formula is C23H36N4O2. The minimum absolute atomic E-state index is 0.132. The first-order valence-electron chi connectivity index (χ1n) is 10.9. The molecule has 1 saturated heterocycles. The van der Waals surface area contributed by atoms with Gasteiger partial charge in [-0.05, 0) is 65.0 Å². The highest BCUT2D eigenvalue weighted by molar-refractivity contribution is 5.81. The molecule has 0 radical (unpaired) electrons. The van der Waals surface area contributed by atoms with Gasteiger partial charge in [0.2, 0.25) is 5.91 Å². The van der Waals surface area contributed by atoms with Gasteiger partial charge in [0.15, 0.2) is 0 Å². The van der Waals surface area contributed by atoms with E-state index in [4.69, 9.17) is 9.72 Å². The van der Waals surface area contributed by atoms with Gasteiger partial charge in [0.05, 0.1) is 19.2 Å². The Kier molecular flexibility index (Phi) is 6.83. The van der Waals surface area contributed by atoms with Crippen LogP contribution in [0.25, 0.3) is 11.0 Å². The lowest BCUT2D eigenvalue weighted by Gasteiger charge is -2.31. The molecule has 1 amide bonds. The lowest BCUT2D eigenvalue weighted by molar-refractivity contribution is -0.124. The molecular weight excluding hydrogens is 364 g/mol. The number of carbonyl (C=O) groups is 1. The molecule has 1 fully saturated rings. The number of H-pyrrole nitrogens is 1. The van der Waals surface area contributed by atoms with E-state index in [1.807, 2.05) is 39.0 Å². The van der Waals surface area contributed by atoms with E-state index < -0.39 is 0 Å². The van der Waals surface area contributed by atoms with Crippen molar-refractivity contribution in [3.8, 4) is 5.75 Å². The normalized spacial score (nSPS) is 20.3. The average molecular weight is 401 g/mol. The fourth-order valence-corrected chi connectivity index (χ4v) is 4.49. The number of aromatic nitrogens is 2. The number of rotatable bonds is 8. The summed E-state index contributed by atoms with van der Waals surface area (Å²) in [6, 6.07) is 6.95. The summed E-state index contributed by atoms with van der Waals surface area (Å²) in [7, 11) is 1.68. The van der Waals surface area contributed by atoms with Crippen molar-refractivity contribution in [1.29, 1.82) is 0 Å². The van der Waals surface area contributed by atoms with Gasteiger partial charge >= 0.3 is 0 Å². The van der Waals surface area contributed by atoms with Crippen LogP contribution < -0.4 is 10.1 Å². The van der Waals surface area contributed by atoms with E-state index in [1.54, 1.807) is 7.11 Å². The van der Waals surface area contributed by atoms with E-state index in [-0.39, 0.29) is 11.4 Å². The van der Waals surface area contributed by atoms with Gasteiger partial charge in [0, 0.05) is 24.0 Å². The Hall–Kier alpha value is -2.08. The van der Waals surface area contributed by atoms with Gasteiger partial charge in [0.1, 0.15) is 17.1 Å². The zero-order valence-corrected chi connectivity index (χ0v) is 18.5. The molecule has 0 unspecified atom stereocenters. The Morgan fingerprint density at radius 1 is 1.31 bits per heavy atom. The molecule has 2 atom stereocenters. The summed E-state index contributed by atoms with van der Waals surface area (Å²) < 4.78 is 5.41. The number of hydrogen-bond acceptors (Lipinski definition) is 4. The number of carbonyl (C=O) groups excluding carboxylic acids is 1. The van der Waals surface area contributed by atoms with E-state index >= 15 is 0 Å². The number of hydrogen-bond donors (Lipinski definition) is 2. The summed E-state index contributed by atoms with van der Waals surface area (Å²) in [6.45, 7) is 8.83. The molecule has 2 N–H and O–H groups in total. The number of benzene rings is 1. The van der Waals surface area contributed by atoms with Crippen LogP contribution in [0.5, 0.6) is 5.75 Å². The van der Waals surface area contributed by atoms with E-state index in [9.17, 15) is 4.79 Å². The molecule has 0 spiro atoms. The van der Waals surface area contributed by atoms with Gasteiger partial charge in [-0.2, -0.15) is 0 Å². The zero-order valence-electron chi connectivity index (χ0n) is 18.5. The Balaban J connectivity index is 1.58. The van der Waals surface area contributed by atoms with Crippen molar-refractivity contribution in [2.24, 2.45) is 0 Å². The molecule has 1 aliphatic heterocycles. The summed E-state index contributed by atoms with van der Waals surface area (Å²) >= 11 is 0. The van der Waals surface area contributed by atoms with Gasteiger partial charge in [-0.15, -0.1) is 0 Å². The van der Waals surface area contributed by atoms with Crippen LogP contribution in [0.15, 0.2) is 18.2 Å². The van der Waals surface area contributed by atoms with E-state index in [2.05, 4.69) is 22.1 Å². The maximum atomic E-state index is 12.5. The standard InChI is InChI=1S/C23H36N4O2/c1-6-16-13-14-17(27(16)15-21(28)26-23(2,3)4)9-7-12-20-24-18-10-8-11-19(29-5)22(18)25-20/h8,10-11,16-17H,6-7,9,12-15H2,1-5H3,(H,24,25)(H,26,28)/t16-,17+/m1/s1. The van der Waals surface area contributed by atoms with Crippen LogP contribution in [0.1, 0.15) is 65.6 Å². The number of fused-ring (bicyclic) bond motifs is 1. The number of amides is 1. The molecule has 1 aliphatic rings. The molecule has 29 heavy (non-hydrogen) atoms. The van der Waals surface area contributed by atoms with Crippen molar-refractivity contribution in [3.63, 3.8) is 0 Å². The Morgan fingerprint density at radius 3 is 2.76 bits per heavy atom. The molecule has 2 heterocycles. The topological polar surface area (TPSA) is 70.2 Å². The predicted molar refractivity (Wildman–Crippen MR) is 117 cm³/mol. The Labute approximate surface area is 174 Å². The van der Waals surface area contributed by atoms with Crippen molar-refractivity contribution in [1.82, 2.24) is 20.2 Å². The first kappa shape index (κ1) is 21.6. The van der Waals surface area contributed by atoms with Crippen molar-refractivity contribution in [2.75, 3.05) is 13.7 Å². The number of likely N-dealkylation sites (tertiary alicyclic amines) is 1. The molecule has 1 aromatic carbocycles.